The molecule has 112 valence electrons. The Morgan fingerprint density at radius 1 is 1.40 bits per heavy atom. The summed E-state index contributed by atoms with van der Waals surface area (Å²) in [4.78, 5) is 10.6. The fraction of sp³-hybridized carbons (Fsp3) is 0.600. The second-order valence-corrected chi connectivity index (χ2v) is 5.18. The summed E-state index contributed by atoms with van der Waals surface area (Å²) in [5.41, 5.74) is 0.475. The Morgan fingerprint density at radius 3 is 2.65 bits per heavy atom. The highest BCUT2D eigenvalue weighted by atomic mass is 19.1. The predicted molar refractivity (Wildman–Crippen MR) is 78.3 cm³/mol. The Morgan fingerprint density at radius 2 is 2.10 bits per heavy atom. The zero-order valence-electron chi connectivity index (χ0n) is 12.4. The maximum Gasteiger partial charge on any atom is 0.272 e. The monoisotopic (exact) mass is 282 g/mol. The number of hydrogen-bond donors (Lipinski definition) is 1. The van der Waals surface area contributed by atoms with E-state index in [1.54, 1.807) is 0 Å². The molecule has 1 aromatic carbocycles. The first-order chi connectivity index (χ1) is 9.49. The molecule has 0 aliphatic carbocycles. The zero-order valence-corrected chi connectivity index (χ0v) is 12.4. The molecule has 0 radical (unpaired) electrons. The molecule has 0 saturated carbocycles. The van der Waals surface area contributed by atoms with Crippen LogP contribution in [0.1, 0.15) is 39.2 Å². The molecule has 4 nitrogen and oxygen atoms in total. The van der Waals surface area contributed by atoms with Gasteiger partial charge in [-0.2, -0.15) is 0 Å². The number of nitrogens with zero attached hydrogens (tertiary/aromatic N) is 1. The lowest BCUT2D eigenvalue weighted by molar-refractivity contribution is -0.385. The van der Waals surface area contributed by atoms with Gasteiger partial charge in [-0.15, -0.1) is 0 Å². The Bertz CT molecular complexity index is 451. The van der Waals surface area contributed by atoms with E-state index in [2.05, 4.69) is 19.2 Å². The van der Waals surface area contributed by atoms with Gasteiger partial charge in [0.05, 0.1) is 4.92 Å². The molecule has 0 amide bonds. The van der Waals surface area contributed by atoms with E-state index in [0.717, 1.165) is 25.5 Å². The summed E-state index contributed by atoms with van der Waals surface area (Å²) in [5, 5.41) is 14.4. The molecule has 0 aliphatic heterocycles. The van der Waals surface area contributed by atoms with Crippen LogP contribution in [0.15, 0.2) is 18.2 Å². The first-order valence-electron chi connectivity index (χ1n) is 7.15. The van der Waals surface area contributed by atoms with Gasteiger partial charge in [0.15, 0.2) is 0 Å². The standard InChI is InChI=1S/C15H23FN2O2/c1-4-8-17-14(5-2)11(3)9-12-10-13(16)6-7-15(12)18(19)20/h6-7,10-11,14,17H,4-5,8-9H2,1-3H3. The Labute approximate surface area is 119 Å². The molecule has 0 saturated heterocycles. The first-order valence-corrected chi connectivity index (χ1v) is 7.15. The van der Waals surface area contributed by atoms with Crippen LogP contribution in [0.25, 0.3) is 0 Å². The third-order valence-electron chi connectivity index (χ3n) is 3.56. The van der Waals surface area contributed by atoms with Crippen LogP contribution in [0, 0.1) is 21.8 Å². The predicted octanol–water partition coefficient (Wildman–Crippen LogP) is 3.69. The van der Waals surface area contributed by atoms with Gasteiger partial charge >= 0.3 is 0 Å². The minimum atomic E-state index is -0.443. The van der Waals surface area contributed by atoms with E-state index in [-0.39, 0.29) is 17.6 Å². The highest BCUT2D eigenvalue weighted by Crippen LogP contribution is 2.24. The van der Waals surface area contributed by atoms with Gasteiger partial charge in [-0.1, -0.05) is 20.8 Å². The quantitative estimate of drug-likeness (QED) is 0.584. The van der Waals surface area contributed by atoms with Crippen molar-refractivity contribution in [3.63, 3.8) is 0 Å². The molecular formula is C15H23FN2O2. The lowest BCUT2D eigenvalue weighted by Gasteiger charge is -2.24. The number of rotatable bonds is 8. The van der Waals surface area contributed by atoms with Gasteiger partial charge in [-0.3, -0.25) is 10.1 Å². The minimum Gasteiger partial charge on any atom is -0.314 e. The van der Waals surface area contributed by atoms with E-state index in [4.69, 9.17) is 0 Å². The summed E-state index contributed by atoms with van der Waals surface area (Å²) < 4.78 is 13.3. The average molecular weight is 282 g/mol. The molecule has 2 unspecified atom stereocenters. The molecule has 0 heterocycles. The normalized spacial score (nSPS) is 14.0. The highest BCUT2D eigenvalue weighted by Gasteiger charge is 2.21. The summed E-state index contributed by atoms with van der Waals surface area (Å²) in [7, 11) is 0. The molecule has 2 atom stereocenters. The number of hydrogen-bond acceptors (Lipinski definition) is 3. The zero-order chi connectivity index (χ0) is 15.1. The second-order valence-electron chi connectivity index (χ2n) is 5.18. The van der Waals surface area contributed by atoms with Crippen LogP contribution >= 0.6 is 0 Å². The highest BCUT2D eigenvalue weighted by molar-refractivity contribution is 5.40. The van der Waals surface area contributed by atoms with E-state index < -0.39 is 10.7 Å². The molecule has 1 rings (SSSR count). The molecule has 0 spiro atoms. The van der Waals surface area contributed by atoms with E-state index in [1.165, 1.54) is 12.1 Å². The average Bonchev–Trinajstić information content (AvgIpc) is 2.39. The molecule has 20 heavy (non-hydrogen) atoms. The third-order valence-corrected chi connectivity index (χ3v) is 3.56. The van der Waals surface area contributed by atoms with Crippen molar-refractivity contribution in [3.8, 4) is 0 Å². The van der Waals surface area contributed by atoms with Crippen molar-refractivity contribution in [3.05, 3.63) is 39.7 Å². The van der Waals surface area contributed by atoms with Crippen molar-refractivity contribution in [1.29, 1.82) is 0 Å². The lowest BCUT2D eigenvalue weighted by Crippen LogP contribution is -2.36. The van der Waals surface area contributed by atoms with Crippen LogP contribution in [0.5, 0.6) is 0 Å². The van der Waals surface area contributed by atoms with Gasteiger partial charge in [-0.05, 0) is 43.9 Å². The largest absolute Gasteiger partial charge is 0.314 e. The van der Waals surface area contributed by atoms with Crippen molar-refractivity contribution in [2.45, 2.75) is 46.1 Å². The van der Waals surface area contributed by atoms with E-state index >= 15 is 0 Å². The summed E-state index contributed by atoms with van der Waals surface area (Å²) in [6.45, 7) is 7.16. The third kappa shape index (κ3) is 4.56. The second kappa shape index (κ2) is 7.94. The molecule has 5 heteroatoms. The number of nitro benzene ring substituents is 1. The molecule has 0 fully saturated rings. The summed E-state index contributed by atoms with van der Waals surface area (Å²) in [6.07, 6.45) is 2.50. The number of halogens is 1. The van der Waals surface area contributed by atoms with Crippen LogP contribution in [-0.4, -0.2) is 17.5 Å². The molecule has 1 aromatic rings. The molecule has 1 N–H and O–H groups in total. The van der Waals surface area contributed by atoms with Crippen molar-refractivity contribution < 1.29 is 9.31 Å². The Balaban J connectivity index is 2.85. The van der Waals surface area contributed by atoms with Crippen LogP contribution in [-0.2, 0) is 6.42 Å². The summed E-state index contributed by atoms with van der Waals surface area (Å²) in [6, 6.07) is 3.95. The van der Waals surface area contributed by atoms with Crippen molar-refractivity contribution in [1.82, 2.24) is 5.32 Å². The molecular weight excluding hydrogens is 259 g/mol. The Kier molecular flexibility index (Phi) is 6.58. The first kappa shape index (κ1) is 16.6. The maximum absolute atomic E-state index is 13.3. The number of nitro groups is 1. The fourth-order valence-electron chi connectivity index (χ4n) is 2.46. The SMILES string of the molecule is CCCNC(CC)C(C)Cc1cc(F)ccc1[N+](=O)[O-]. The van der Waals surface area contributed by atoms with Gasteiger partial charge < -0.3 is 5.32 Å². The summed E-state index contributed by atoms with van der Waals surface area (Å²) in [5.74, 6) is -0.209. The molecule has 0 aliphatic rings. The van der Waals surface area contributed by atoms with Gasteiger partial charge in [0.1, 0.15) is 5.82 Å². The minimum absolute atomic E-state index is 0.00333. The van der Waals surface area contributed by atoms with Crippen molar-refractivity contribution in [2.24, 2.45) is 5.92 Å². The topological polar surface area (TPSA) is 55.2 Å². The maximum atomic E-state index is 13.3. The van der Waals surface area contributed by atoms with Crippen molar-refractivity contribution >= 4 is 5.69 Å². The number of benzene rings is 1. The van der Waals surface area contributed by atoms with E-state index in [0.29, 0.717) is 12.0 Å². The van der Waals surface area contributed by atoms with Gasteiger partial charge in [0, 0.05) is 17.7 Å². The Hall–Kier alpha value is -1.49. The van der Waals surface area contributed by atoms with Gasteiger partial charge in [0.2, 0.25) is 0 Å². The lowest BCUT2D eigenvalue weighted by atomic mass is 9.91. The number of nitrogens with one attached hydrogen (secondary N) is 1. The van der Waals surface area contributed by atoms with Crippen LogP contribution in [0.3, 0.4) is 0 Å². The van der Waals surface area contributed by atoms with E-state index in [9.17, 15) is 14.5 Å². The van der Waals surface area contributed by atoms with Gasteiger partial charge in [-0.25, -0.2) is 4.39 Å². The molecule has 0 bridgehead atoms. The van der Waals surface area contributed by atoms with Crippen LogP contribution in [0.2, 0.25) is 0 Å². The van der Waals surface area contributed by atoms with Crippen molar-refractivity contribution in [2.75, 3.05) is 6.54 Å². The fourth-order valence-corrected chi connectivity index (χ4v) is 2.46. The van der Waals surface area contributed by atoms with Crippen LogP contribution in [0.4, 0.5) is 10.1 Å². The van der Waals surface area contributed by atoms with E-state index in [1.807, 2.05) is 6.92 Å². The summed E-state index contributed by atoms with van der Waals surface area (Å²) >= 11 is 0. The smallest absolute Gasteiger partial charge is 0.272 e. The molecule has 0 aromatic heterocycles. The van der Waals surface area contributed by atoms with Gasteiger partial charge in [0.25, 0.3) is 5.69 Å². The van der Waals surface area contributed by atoms with Crippen LogP contribution < -0.4 is 5.32 Å².